The van der Waals surface area contributed by atoms with Crippen LogP contribution < -0.4 is 5.32 Å². The number of imidazole rings is 1. The number of carbonyl (C=O) groups excluding carboxylic acids is 2. The fourth-order valence-electron chi connectivity index (χ4n) is 4.71. The fourth-order valence-corrected chi connectivity index (χ4v) is 6.98. The van der Waals surface area contributed by atoms with Gasteiger partial charge in [0.05, 0.1) is 9.35 Å². The Bertz CT molecular complexity index is 1100. The quantitative estimate of drug-likeness (QED) is 0.597. The van der Waals surface area contributed by atoms with Crippen LogP contribution in [-0.4, -0.2) is 45.2 Å². The van der Waals surface area contributed by atoms with Gasteiger partial charge in [0.1, 0.15) is 4.88 Å². The van der Waals surface area contributed by atoms with E-state index in [0.717, 1.165) is 56.4 Å². The first-order valence-electron chi connectivity index (χ1n) is 9.68. The first-order chi connectivity index (χ1) is 13.9. The number of fused-ring (bicyclic) bond motifs is 2. The molecule has 2 amide bonds. The lowest BCUT2D eigenvalue weighted by molar-refractivity contribution is 0.0775. The van der Waals surface area contributed by atoms with Crippen LogP contribution in [0.4, 0.5) is 0 Å². The number of nitrogens with one attached hydrogen (secondary N) is 1. The maximum atomic E-state index is 12.9. The van der Waals surface area contributed by atoms with E-state index in [9.17, 15) is 9.59 Å². The molecule has 0 aromatic carbocycles. The molecule has 1 saturated heterocycles. The van der Waals surface area contributed by atoms with Gasteiger partial charge in [-0.3, -0.25) is 14.0 Å². The van der Waals surface area contributed by atoms with Gasteiger partial charge >= 0.3 is 0 Å². The lowest BCUT2D eigenvalue weighted by atomic mass is 10.0. The fraction of sp³-hybridized carbons (Fsp3) is 0.450. The van der Waals surface area contributed by atoms with Crippen molar-refractivity contribution in [1.82, 2.24) is 19.6 Å². The number of rotatable bonds is 3. The zero-order valence-corrected chi connectivity index (χ0v) is 19.4. The van der Waals surface area contributed by atoms with Gasteiger partial charge in [0.25, 0.3) is 11.8 Å². The average Bonchev–Trinajstić information content (AvgIpc) is 3.45. The molecule has 1 aliphatic heterocycles. The number of nitrogens with zero attached hydrogens (tertiary/aromatic N) is 3. The smallest absolute Gasteiger partial charge is 0.263 e. The van der Waals surface area contributed by atoms with Gasteiger partial charge in [-0.2, -0.15) is 0 Å². The summed E-state index contributed by atoms with van der Waals surface area (Å²) in [5, 5.41) is 5.17. The van der Waals surface area contributed by atoms with Gasteiger partial charge in [0.15, 0.2) is 4.96 Å². The van der Waals surface area contributed by atoms with Crippen LogP contribution in [0, 0.1) is 25.7 Å². The number of amides is 2. The molecule has 4 heterocycles. The molecule has 0 bridgehead atoms. The molecular weight excluding hydrogens is 472 g/mol. The van der Waals surface area contributed by atoms with Gasteiger partial charge in [0.2, 0.25) is 0 Å². The predicted molar refractivity (Wildman–Crippen MR) is 118 cm³/mol. The Morgan fingerprint density at radius 1 is 1.24 bits per heavy atom. The Morgan fingerprint density at radius 3 is 2.59 bits per heavy atom. The van der Waals surface area contributed by atoms with Crippen molar-refractivity contribution in [3.8, 4) is 0 Å². The molecule has 29 heavy (non-hydrogen) atoms. The Labute approximate surface area is 185 Å². The van der Waals surface area contributed by atoms with E-state index in [1.807, 2.05) is 34.7 Å². The first-order valence-corrected chi connectivity index (χ1v) is 12.2. The third-order valence-corrected chi connectivity index (χ3v) is 9.47. The Hall–Kier alpha value is -1.71. The van der Waals surface area contributed by atoms with Crippen LogP contribution in [0.15, 0.2) is 21.6 Å². The number of thiophene rings is 1. The first kappa shape index (κ1) is 19.3. The summed E-state index contributed by atoms with van der Waals surface area (Å²) in [5.41, 5.74) is 2.78. The molecule has 1 N–H and O–H groups in total. The van der Waals surface area contributed by atoms with E-state index >= 15 is 0 Å². The normalized spacial score (nSPS) is 23.7. The molecule has 9 heteroatoms. The van der Waals surface area contributed by atoms with Crippen LogP contribution in [0.3, 0.4) is 0 Å². The highest BCUT2D eigenvalue weighted by molar-refractivity contribution is 9.11. The zero-order chi connectivity index (χ0) is 20.3. The summed E-state index contributed by atoms with van der Waals surface area (Å²) in [5.74, 6) is 1.06. The lowest BCUT2D eigenvalue weighted by Crippen LogP contribution is -2.36. The van der Waals surface area contributed by atoms with E-state index in [-0.39, 0.29) is 17.9 Å². The van der Waals surface area contributed by atoms with Crippen molar-refractivity contribution in [2.24, 2.45) is 11.8 Å². The minimum absolute atomic E-state index is 0.00495. The predicted octanol–water partition coefficient (Wildman–Crippen LogP) is 4.12. The van der Waals surface area contributed by atoms with Crippen LogP contribution in [0.25, 0.3) is 4.96 Å². The van der Waals surface area contributed by atoms with E-state index in [1.165, 1.54) is 11.3 Å². The molecule has 6 nitrogen and oxygen atoms in total. The van der Waals surface area contributed by atoms with Crippen molar-refractivity contribution in [1.29, 1.82) is 0 Å². The standard InChI is InChI=1S/C20H21BrN4O2S2/c1-10-15(9-28-17(10)21)19(27)24-7-12-5-14(6-13(12)8-24)23-18(26)16-11(2)25-4-3-22-20(25)29-16/h3-4,9,12-14H,5-8H2,1-2H3,(H,23,26). The maximum Gasteiger partial charge on any atom is 0.263 e. The van der Waals surface area contributed by atoms with Crippen LogP contribution >= 0.6 is 38.6 Å². The second kappa shape index (κ2) is 7.21. The maximum absolute atomic E-state index is 12.9. The largest absolute Gasteiger partial charge is 0.349 e. The number of aryl methyl sites for hydroxylation is 1. The van der Waals surface area contributed by atoms with Crippen molar-refractivity contribution < 1.29 is 9.59 Å². The van der Waals surface area contributed by atoms with Gasteiger partial charge < -0.3 is 10.2 Å². The zero-order valence-electron chi connectivity index (χ0n) is 16.1. The summed E-state index contributed by atoms with van der Waals surface area (Å²) in [6, 6.07) is 0.181. The van der Waals surface area contributed by atoms with Crippen molar-refractivity contribution in [3.05, 3.63) is 43.3 Å². The number of hydrogen-bond acceptors (Lipinski definition) is 5. The highest BCUT2D eigenvalue weighted by Gasteiger charge is 2.43. The molecule has 152 valence electrons. The lowest BCUT2D eigenvalue weighted by Gasteiger charge is -2.20. The van der Waals surface area contributed by atoms with Gasteiger partial charge in [-0.1, -0.05) is 11.3 Å². The van der Waals surface area contributed by atoms with Crippen molar-refractivity contribution in [2.45, 2.75) is 32.7 Å². The Kier molecular flexibility index (Phi) is 4.79. The topological polar surface area (TPSA) is 66.7 Å². The van der Waals surface area contributed by atoms with E-state index in [1.54, 1.807) is 17.5 Å². The van der Waals surface area contributed by atoms with Crippen LogP contribution in [-0.2, 0) is 0 Å². The summed E-state index contributed by atoms with van der Waals surface area (Å²) in [6.45, 7) is 5.51. The van der Waals surface area contributed by atoms with Gasteiger partial charge in [0, 0.05) is 42.6 Å². The Balaban J connectivity index is 1.22. The molecule has 1 saturated carbocycles. The number of aromatic nitrogens is 2. The van der Waals surface area contributed by atoms with E-state index in [0.29, 0.717) is 11.8 Å². The van der Waals surface area contributed by atoms with Crippen LogP contribution in [0.5, 0.6) is 0 Å². The third-order valence-electron chi connectivity index (χ3n) is 6.28. The molecule has 5 rings (SSSR count). The van der Waals surface area contributed by atoms with Crippen molar-refractivity contribution in [2.75, 3.05) is 13.1 Å². The van der Waals surface area contributed by atoms with E-state index in [2.05, 4.69) is 26.2 Å². The van der Waals surface area contributed by atoms with Gasteiger partial charge in [-0.15, -0.1) is 11.3 Å². The van der Waals surface area contributed by atoms with Crippen LogP contribution in [0.1, 0.15) is 44.1 Å². The molecule has 2 fully saturated rings. The number of hydrogen-bond donors (Lipinski definition) is 1. The summed E-state index contributed by atoms with van der Waals surface area (Å²) in [4.78, 5) is 33.5. The van der Waals surface area contributed by atoms with E-state index < -0.39 is 0 Å². The van der Waals surface area contributed by atoms with Gasteiger partial charge in [-0.25, -0.2) is 4.98 Å². The summed E-state index contributed by atoms with van der Waals surface area (Å²) < 4.78 is 2.98. The highest BCUT2D eigenvalue weighted by Crippen LogP contribution is 2.39. The monoisotopic (exact) mass is 492 g/mol. The minimum atomic E-state index is -0.00495. The molecular formula is C20H21BrN4O2S2. The highest BCUT2D eigenvalue weighted by atomic mass is 79.9. The minimum Gasteiger partial charge on any atom is -0.349 e. The summed E-state index contributed by atoms with van der Waals surface area (Å²) >= 11 is 6.50. The second-order valence-electron chi connectivity index (χ2n) is 8.02. The molecule has 2 atom stereocenters. The molecule has 3 aromatic rings. The number of carbonyl (C=O) groups is 2. The number of thiazole rings is 1. The molecule has 0 spiro atoms. The molecule has 2 aliphatic rings. The van der Waals surface area contributed by atoms with Crippen molar-refractivity contribution >= 4 is 55.4 Å². The molecule has 3 aromatic heterocycles. The summed E-state index contributed by atoms with van der Waals surface area (Å²) in [7, 11) is 0. The number of halogens is 1. The van der Waals surface area contributed by atoms with Crippen molar-refractivity contribution in [3.63, 3.8) is 0 Å². The average molecular weight is 493 g/mol. The SMILES string of the molecule is Cc1c(C(=O)N2CC3CC(NC(=O)c4sc5nccn5c4C)CC3C2)csc1Br. The van der Waals surface area contributed by atoms with E-state index in [4.69, 9.17) is 0 Å². The number of likely N-dealkylation sites (tertiary alicyclic amines) is 1. The molecule has 2 unspecified atom stereocenters. The second-order valence-corrected chi connectivity index (χ2v) is 11.2. The Morgan fingerprint density at radius 2 is 1.97 bits per heavy atom. The molecule has 0 radical (unpaired) electrons. The van der Waals surface area contributed by atoms with Crippen LogP contribution in [0.2, 0.25) is 0 Å². The summed E-state index contributed by atoms with van der Waals surface area (Å²) in [6.07, 6.45) is 5.52. The third kappa shape index (κ3) is 3.23. The molecule has 1 aliphatic carbocycles. The van der Waals surface area contributed by atoms with Gasteiger partial charge in [-0.05, 0) is 60.0 Å².